The Balaban J connectivity index is 2.28. The molecule has 1 saturated heterocycles. The Morgan fingerprint density at radius 3 is 2.00 bits per heavy atom. The summed E-state index contributed by atoms with van der Waals surface area (Å²) >= 11 is 0. The first kappa shape index (κ1) is 17.8. The average Bonchev–Trinajstić information content (AvgIpc) is 3.15. The van der Waals surface area contributed by atoms with Crippen LogP contribution in [-0.4, -0.2) is 36.5 Å². The molecule has 1 heterocycles. The molecule has 0 bridgehead atoms. The number of hydrogen-bond donors (Lipinski definition) is 0. The summed E-state index contributed by atoms with van der Waals surface area (Å²) in [6, 6.07) is 0. The van der Waals surface area contributed by atoms with Crippen LogP contribution < -0.4 is 0 Å². The van der Waals surface area contributed by atoms with Gasteiger partial charge in [0.05, 0.1) is 0 Å². The van der Waals surface area contributed by atoms with E-state index in [9.17, 15) is 30.7 Å². The molecule has 0 spiro atoms. The maximum absolute atomic E-state index is 14.0. The summed E-state index contributed by atoms with van der Waals surface area (Å²) in [5.74, 6) is -15.4. The Labute approximate surface area is 122 Å². The summed E-state index contributed by atoms with van der Waals surface area (Å²) in [5.41, 5.74) is 0. The van der Waals surface area contributed by atoms with Crippen molar-refractivity contribution in [2.75, 3.05) is 6.61 Å². The zero-order valence-electron chi connectivity index (χ0n) is 11.9. The van der Waals surface area contributed by atoms with Crippen LogP contribution in [-0.2, 0) is 9.47 Å². The van der Waals surface area contributed by atoms with Crippen molar-refractivity contribution in [3.05, 3.63) is 0 Å². The van der Waals surface area contributed by atoms with Crippen LogP contribution in [0.4, 0.5) is 30.7 Å². The summed E-state index contributed by atoms with van der Waals surface area (Å²) in [5, 5.41) is 0. The predicted octanol–water partition coefficient (Wildman–Crippen LogP) is 4.53. The molecule has 2 nitrogen and oxygen atoms in total. The van der Waals surface area contributed by atoms with E-state index in [-0.39, 0.29) is 0 Å². The van der Waals surface area contributed by atoms with Crippen LogP contribution in [0.1, 0.15) is 39.0 Å². The number of alkyl halides is 7. The van der Waals surface area contributed by atoms with Gasteiger partial charge >= 0.3 is 18.0 Å². The Kier molecular flexibility index (Phi) is 4.45. The van der Waals surface area contributed by atoms with Crippen LogP contribution in [0.2, 0.25) is 0 Å². The van der Waals surface area contributed by atoms with Crippen LogP contribution in [0, 0.1) is 5.92 Å². The van der Waals surface area contributed by atoms with E-state index in [1.54, 1.807) is 0 Å². The zero-order valence-corrected chi connectivity index (χ0v) is 11.9. The second-order valence-corrected chi connectivity index (χ2v) is 5.68. The Bertz CT molecular complexity index is 404. The molecule has 2 rings (SSSR count). The van der Waals surface area contributed by atoms with Gasteiger partial charge in [0.15, 0.2) is 0 Å². The smallest absolute Gasteiger partial charge is 0.343 e. The van der Waals surface area contributed by atoms with Crippen molar-refractivity contribution < 1.29 is 40.2 Å². The second kappa shape index (κ2) is 5.51. The average molecular weight is 338 g/mol. The van der Waals surface area contributed by atoms with Gasteiger partial charge in [-0.25, -0.2) is 0 Å². The van der Waals surface area contributed by atoms with E-state index in [1.807, 2.05) is 0 Å². The second-order valence-electron chi connectivity index (χ2n) is 5.68. The molecule has 0 aromatic carbocycles. The normalized spacial score (nSPS) is 31.4. The summed E-state index contributed by atoms with van der Waals surface area (Å²) in [4.78, 5) is 0. The van der Waals surface area contributed by atoms with Gasteiger partial charge in [-0.3, -0.25) is 0 Å². The number of hydrogen-bond acceptors (Lipinski definition) is 2. The minimum atomic E-state index is -6.39. The zero-order chi connectivity index (χ0) is 16.8. The largest absolute Gasteiger partial charge is 0.460 e. The molecule has 1 aliphatic carbocycles. The third kappa shape index (κ3) is 2.50. The summed E-state index contributed by atoms with van der Waals surface area (Å²) in [7, 11) is 0. The third-order valence-electron chi connectivity index (χ3n) is 4.24. The fraction of sp³-hybridized carbons (Fsp3) is 1.00. The third-order valence-corrected chi connectivity index (χ3v) is 4.24. The maximum atomic E-state index is 14.0. The summed E-state index contributed by atoms with van der Waals surface area (Å²) in [6.07, 6.45) is -4.64. The topological polar surface area (TPSA) is 21.8 Å². The standard InChI is InChI=1S/C13H17F7O2/c1-2-21-10(9(22-10)8-6-4-3-5-7-8)11(14,15)12(16,17)13(18,19)20/h8-9H,2-7H2,1H3/t9-,10+/m1/s1. The molecule has 9 heteroatoms. The van der Waals surface area contributed by atoms with Gasteiger partial charge in [0.1, 0.15) is 6.10 Å². The van der Waals surface area contributed by atoms with Gasteiger partial charge in [0.2, 0.25) is 0 Å². The lowest BCUT2D eigenvalue weighted by molar-refractivity contribution is -0.389. The Morgan fingerprint density at radius 2 is 1.55 bits per heavy atom. The molecule has 1 saturated carbocycles. The molecular weight excluding hydrogens is 321 g/mol. The first-order valence-electron chi connectivity index (χ1n) is 7.15. The SMILES string of the molecule is CCO[C@]1(C(F)(F)C(F)(F)C(F)(F)F)O[C@@H]1C1CCCCC1. The molecule has 0 unspecified atom stereocenters. The minimum Gasteiger partial charge on any atom is -0.343 e. The molecule has 2 aliphatic rings. The number of rotatable bonds is 5. The van der Waals surface area contributed by atoms with Crippen LogP contribution in [0.3, 0.4) is 0 Å². The molecule has 1 aliphatic heterocycles. The van der Waals surface area contributed by atoms with Gasteiger partial charge in [-0.2, -0.15) is 30.7 Å². The van der Waals surface area contributed by atoms with E-state index >= 15 is 0 Å². The number of halogens is 7. The number of epoxide rings is 1. The fourth-order valence-electron chi connectivity index (χ4n) is 3.07. The van der Waals surface area contributed by atoms with Gasteiger partial charge < -0.3 is 9.47 Å². The van der Waals surface area contributed by atoms with E-state index in [1.165, 1.54) is 6.92 Å². The first-order chi connectivity index (χ1) is 10.0. The van der Waals surface area contributed by atoms with Crippen molar-refractivity contribution in [3.8, 4) is 0 Å². The molecule has 0 N–H and O–H groups in total. The quantitative estimate of drug-likeness (QED) is 0.543. The summed E-state index contributed by atoms with van der Waals surface area (Å²) in [6.45, 7) is 0.788. The van der Waals surface area contributed by atoms with Crippen LogP contribution in [0.15, 0.2) is 0 Å². The highest BCUT2D eigenvalue weighted by Gasteiger charge is 2.88. The van der Waals surface area contributed by atoms with Crippen LogP contribution in [0.25, 0.3) is 0 Å². The predicted molar refractivity (Wildman–Crippen MR) is 61.8 cm³/mol. The molecule has 0 aromatic rings. The van der Waals surface area contributed by atoms with E-state index in [4.69, 9.17) is 0 Å². The van der Waals surface area contributed by atoms with Crippen molar-refractivity contribution in [1.29, 1.82) is 0 Å². The highest BCUT2D eigenvalue weighted by atomic mass is 19.4. The van der Waals surface area contributed by atoms with E-state index < -0.39 is 42.4 Å². The molecule has 0 amide bonds. The lowest BCUT2D eigenvalue weighted by Gasteiger charge is -2.33. The molecule has 0 radical (unpaired) electrons. The maximum Gasteiger partial charge on any atom is 0.460 e. The highest BCUT2D eigenvalue weighted by molar-refractivity contribution is 5.14. The van der Waals surface area contributed by atoms with Crippen LogP contribution >= 0.6 is 0 Å². The molecule has 0 aromatic heterocycles. The monoisotopic (exact) mass is 338 g/mol. The highest BCUT2D eigenvalue weighted by Crippen LogP contribution is 2.62. The van der Waals surface area contributed by atoms with Gasteiger partial charge in [0, 0.05) is 6.61 Å². The number of ether oxygens (including phenoxy) is 2. The van der Waals surface area contributed by atoms with E-state index in [2.05, 4.69) is 9.47 Å². The van der Waals surface area contributed by atoms with Crippen molar-refractivity contribution in [2.24, 2.45) is 5.92 Å². The fourth-order valence-corrected chi connectivity index (χ4v) is 3.07. The molecule has 130 valence electrons. The van der Waals surface area contributed by atoms with E-state index in [0.29, 0.717) is 25.7 Å². The minimum absolute atomic E-state index is 0.452. The Hall–Kier alpha value is -0.570. The van der Waals surface area contributed by atoms with Crippen molar-refractivity contribution in [1.82, 2.24) is 0 Å². The van der Waals surface area contributed by atoms with E-state index in [0.717, 1.165) is 6.42 Å². The van der Waals surface area contributed by atoms with Crippen molar-refractivity contribution in [3.63, 3.8) is 0 Å². The van der Waals surface area contributed by atoms with Gasteiger partial charge in [-0.05, 0) is 25.7 Å². The lowest BCUT2D eigenvalue weighted by atomic mass is 9.83. The summed E-state index contributed by atoms with van der Waals surface area (Å²) < 4.78 is 101. The molecule has 22 heavy (non-hydrogen) atoms. The molecule has 2 atom stereocenters. The Morgan fingerprint density at radius 1 is 1.00 bits per heavy atom. The van der Waals surface area contributed by atoms with Gasteiger partial charge in [-0.15, -0.1) is 0 Å². The van der Waals surface area contributed by atoms with Crippen molar-refractivity contribution >= 4 is 0 Å². The lowest BCUT2D eigenvalue weighted by Crippen LogP contribution is -2.61. The first-order valence-corrected chi connectivity index (χ1v) is 7.15. The molecule has 2 fully saturated rings. The van der Waals surface area contributed by atoms with Gasteiger partial charge in [-0.1, -0.05) is 19.3 Å². The van der Waals surface area contributed by atoms with Gasteiger partial charge in [0.25, 0.3) is 5.79 Å². The van der Waals surface area contributed by atoms with Crippen molar-refractivity contribution in [2.45, 2.75) is 68.9 Å². The molecular formula is C13H17F7O2. The van der Waals surface area contributed by atoms with Crippen LogP contribution in [0.5, 0.6) is 0 Å².